The largest absolute Gasteiger partial charge is 0.303 e. The Kier molecular flexibility index (Phi) is 2.58. The molecule has 11 heavy (non-hydrogen) atoms. The molecule has 0 unspecified atom stereocenters. The summed E-state index contributed by atoms with van der Waals surface area (Å²) in [5, 5.41) is 0. The minimum Gasteiger partial charge on any atom is -0.303 e. The average molecular weight is 152 g/mol. The van der Waals surface area contributed by atoms with Crippen LogP contribution in [0.5, 0.6) is 0 Å². The molecule has 2 heteroatoms. The van der Waals surface area contributed by atoms with Crippen LogP contribution in [0, 0.1) is 0 Å². The first-order valence-electron chi connectivity index (χ1n) is 3.91. The van der Waals surface area contributed by atoms with Crippen molar-refractivity contribution >= 4 is 12.1 Å². The van der Waals surface area contributed by atoms with Gasteiger partial charge in [0, 0.05) is 12.8 Å². The molecule has 0 bridgehead atoms. The number of carbonyl (C=O) groups is 2. The normalized spacial score (nSPS) is 17.7. The van der Waals surface area contributed by atoms with Crippen molar-refractivity contribution in [3.05, 3.63) is 11.1 Å². The SMILES string of the molecule is CC1=C(CCC=O)C(=O)CC1. The first-order chi connectivity index (χ1) is 5.25. The van der Waals surface area contributed by atoms with Gasteiger partial charge in [0.25, 0.3) is 0 Å². The number of carbonyl (C=O) groups excluding carboxylic acids is 2. The summed E-state index contributed by atoms with van der Waals surface area (Å²) in [6, 6.07) is 0. The fourth-order valence-corrected chi connectivity index (χ4v) is 1.40. The summed E-state index contributed by atoms with van der Waals surface area (Å²) in [4.78, 5) is 21.2. The van der Waals surface area contributed by atoms with Crippen LogP contribution in [0.3, 0.4) is 0 Å². The van der Waals surface area contributed by atoms with Crippen molar-refractivity contribution in [3.63, 3.8) is 0 Å². The van der Waals surface area contributed by atoms with Gasteiger partial charge in [0.05, 0.1) is 0 Å². The summed E-state index contributed by atoms with van der Waals surface area (Å²) in [6.45, 7) is 1.98. The molecule has 0 radical (unpaired) electrons. The Bertz CT molecular complexity index is 214. The smallest absolute Gasteiger partial charge is 0.159 e. The molecule has 2 nitrogen and oxygen atoms in total. The van der Waals surface area contributed by atoms with Crippen LogP contribution in [-0.4, -0.2) is 12.1 Å². The Morgan fingerprint density at radius 3 is 2.64 bits per heavy atom. The lowest BCUT2D eigenvalue weighted by Crippen LogP contribution is -1.96. The number of Topliss-reactive ketones (excluding diaryl/α,β-unsaturated/α-hetero) is 1. The molecule has 1 rings (SSSR count). The van der Waals surface area contributed by atoms with Crippen LogP contribution in [0.1, 0.15) is 32.6 Å². The lowest BCUT2D eigenvalue weighted by molar-refractivity contribution is -0.115. The summed E-state index contributed by atoms with van der Waals surface area (Å²) < 4.78 is 0. The molecule has 0 heterocycles. The topological polar surface area (TPSA) is 34.1 Å². The van der Waals surface area contributed by atoms with Gasteiger partial charge in [-0.05, 0) is 25.3 Å². The summed E-state index contributed by atoms with van der Waals surface area (Å²) in [7, 11) is 0. The molecule has 0 saturated carbocycles. The van der Waals surface area contributed by atoms with E-state index in [4.69, 9.17) is 0 Å². The Hall–Kier alpha value is -0.920. The Labute approximate surface area is 66.3 Å². The maximum Gasteiger partial charge on any atom is 0.159 e. The molecule has 0 atom stereocenters. The predicted molar refractivity (Wildman–Crippen MR) is 42.2 cm³/mol. The van der Waals surface area contributed by atoms with Crippen molar-refractivity contribution in [1.29, 1.82) is 0 Å². The summed E-state index contributed by atoms with van der Waals surface area (Å²) in [6.07, 6.45) is 3.55. The number of hydrogen-bond donors (Lipinski definition) is 0. The van der Waals surface area contributed by atoms with E-state index < -0.39 is 0 Å². The van der Waals surface area contributed by atoms with Gasteiger partial charge >= 0.3 is 0 Å². The molecule has 0 aliphatic heterocycles. The van der Waals surface area contributed by atoms with Crippen LogP contribution in [0.4, 0.5) is 0 Å². The second-order valence-corrected chi connectivity index (χ2v) is 2.89. The fourth-order valence-electron chi connectivity index (χ4n) is 1.40. The third-order valence-corrected chi connectivity index (χ3v) is 2.09. The summed E-state index contributed by atoms with van der Waals surface area (Å²) in [5.74, 6) is 0.240. The maximum absolute atomic E-state index is 11.1. The lowest BCUT2D eigenvalue weighted by atomic mass is 10.1. The van der Waals surface area contributed by atoms with Crippen LogP contribution < -0.4 is 0 Å². The summed E-state index contributed by atoms with van der Waals surface area (Å²) >= 11 is 0. The molecule has 0 fully saturated rings. The van der Waals surface area contributed by atoms with E-state index in [-0.39, 0.29) is 5.78 Å². The average Bonchev–Trinajstić information content (AvgIpc) is 2.29. The zero-order chi connectivity index (χ0) is 8.27. The number of allylic oxidation sites excluding steroid dienone is 2. The van der Waals surface area contributed by atoms with Gasteiger partial charge in [-0.2, -0.15) is 0 Å². The van der Waals surface area contributed by atoms with Crippen LogP contribution in [0.15, 0.2) is 11.1 Å². The zero-order valence-electron chi connectivity index (χ0n) is 6.72. The molecule has 0 spiro atoms. The van der Waals surface area contributed by atoms with Crippen molar-refractivity contribution in [2.75, 3.05) is 0 Å². The Morgan fingerprint density at radius 1 is 1.45 bits per heavy atom. The minimum absolute atomic E-state index is 0.240. The molecule has 0 N–H and O–H groups in total. The second-order valence-electron chi connectivity index (χ2n) is 2.89. The molecule has 1 aliphatic rings. The van der Waals surface area contributed by atoms with Gasteiger partial charge in [-0.15, -0.1) is 0 Å². The molecular weight excluding hydrogens is 140 g/mol. The van der Waals surface area contributed by atoms with E-state index in [2.05, 4.69) is 0 Å². The molecule has 0 saturated heterocycles. The number of ketones is 1. The van der Waals surface area contributed by atoms with Crippen LogP contribution >= 0.6 is 0 Å². The molecule has 0 aromatic carbocycles. The molecular formula is C9H12O2. The highest BCUT2D eigenvalue weighted by molar-refractivity contribution is 5.98. The zero-order valence-corrected chi connectivity index (χ0v) is 6.72. The number of aldehydes is 1. The van der Waals surface area contributed by atoms with Crippen LogP contribution in [0.25, 0.3) is 0 Å². The van der Waals surface area contributed by atoms with Crippen molar-refractivity contribution in [1.82, 2.24) is 0 Å². The van der Waals surface area contributed by atoms with Crippen molar-refractivity contribution in [2.24, 2.45) is 0 Å². The van der Waals surface area contributed by atoms with E-state index in [1.54, 1.807) is 0 Å². The van der Waals surface area contributed by atoms with Crippen molar-refractivity contribution in [2.45, 2.75) is 32.6 Å². The molecule has 0 aromatic rings. The van der Waals surface area contributed by atoms with Crippen molar-refractivity contribution in [3.8, 4) is 0 Å². The molecule has 1 aliphatic carbocycles. The maximum atomic E-state index is 11.1. The van der Waals surface area contributed by atoms with E-state index in [1.807, 2.05) is 6.92 Å². The molecule has 0 aromatic heterocycles. The predicted octanol–water partition coefficient (Wildman–Crippen LogP) is 1.64. The minimum atomic E-state index is 0.240. The van der Waals surface area contributed by atoms with Gasteiger partial charge in [0.1, 0.15) is 6.29 Å². The van der Waals surface area contributed by atoms with E-state index >= 15 is 0 Å². The molecule has 60 valence electrons. The highest BCUT2D eigenvalue weighted by Gasteiger charge is 2.18. The van der Waals surface area contributed by atoms with E-state index in [9.17, 15) is 9.59 Å². The van der Waals surface area contributed by atoms with Gasteiger partial charge in [-0.25, -0.2) is 0 Å². The van der Waals surface area contributed by atoms with Crippen molar-refractivity contribution < 1.29 is 9.59 Å². The Balaban J connectivity index is 2.59. The standard InChI is InChI=1S/C9H12O2/c1-7-4-5-9(11)8(7)3-2-6-10/h6H,2-5H2,1H3. The first-order valence-corrected chi connectivity index (χ1v) is 3.91. The highest BCUT2D eigenvalue weighted by atomic mass is 16.1. The second kappa shape index (κ2) is 3.46. The number of rotatable bonds is 3. The highest BCUT2D eigenvalue weighted by Crippen LogP contribution is 2.25. The van der Waals surface area contributed by atoms with E-state index in [0.29, 0.717) is 19.3 Å². The quantitative estimate of drug-likeness (QED) is 0.576. The first kappa shape index (κ1) is 8.18. The third kappa shape index (κ3) is 1.76. The monoisotopic (exact) mass is 152 g/mol. The number of hydrogen-bond acceptors (Lipinski definition) is 2. The summed E-state index contributed by atoms with van der Waals surface area (Å²) in [5.41, 5.74) is 2.08. The van der Waals surface area contributed by atoms with E-state index in [0.717, 1.165) is 18.3 Å². The Morgan fingerprint density at radius 2 is 2.18 bits per heavy atom. The van der Waals surface area contributed by atoms with Crippen LogP contribution in [0.2, 0.25) is 0 Å². The lowest BCUT2D eigenvalue weighted by Gasteiger charge is -1.96. The van der Waals surface area contributed by atoms with E-state index in [1.165, 1.54) is 5.57 Å². The third-order valence-electron chi connectivity index (χ3n) is 2.09. The fraction of sp³-hybridized carbons (Fsp3) is 0.556. The van der Waals surface area contributed by atoms with Crippen LogP contribution in [-0.2, 0) is 9.59 Å². The van der Waals surface area contributed by atoms with Gasteiger partial charge in [0.2, 0.25) is 0 Å². The van der Waals surface area contributed by atoms with Gasteiger partial charge in [-0.1, -0.05) is 5.57 Å². The van der Waals surface area contributed by atoms with Gasteiger partial charge in [0.15, 0.2) is 5.78 Å². The molecule has 0 amide bonds. The van der Waals surface area contributed by atoms with Gasteiger partial charge in [-0.3, -0.25) is 4.79 Å². The van der Waals surface area contributed by atoms with Gasteiger partial charge < -0.3 is 4.79 Å².